The van der Waals surface area contributed by atoms with Crippen LogP contribution in [-0.2, 0) is 35.1 Å². The Bertz CT molecular complexity index is 1480. The van der Waals surface area contributed by atoms with E-state index in [4.69, 9.17) is 30.4 Å². The predicted molar refractivity (Wildman–Crippen MR) is 170 cm³/mol. The summed E-state index contributed by atoms with van der Waals surface area (Å²) >= 11 is 0. The number of carbonyl (C=O) groups is 4. The first-order valence-electron chi connectivity index (χ1n) is 16.7. The Morgan fingerprint density at radius 3 is 2.49 bits per heavy atom. The standard InChI is InChI=1S/C35H46N2O12/c1-33-13-11-23(38)18-22(33)7-10-25-26-12-14-35(43,34(26,2)19-28(39)30(25)33)29(40)20-47-32(42)49-24-8-5-21(6-9-24)17-27(36)31(41)46-15-3-4-16-48-37(44)45/h5-6,8-9,11,13,18,25-28,30,39,43-45H,3-4,7,10,12,14-17,19-20,36H2,1-2H3/t25-,26-,27-,28-,30+,33-,34-,35-/m0/s1. The van der Waals surface area contributed by atoms with Crippen LogP contribution >= 0.6 is 0 Å². The minimum absolute atomic E-state index is 0.0334. The Labute approximate surface area is 284 Å². The van der Waals surface area contributed by atoms with Gasteiger partial charge in [-0.05, 0) is 93.1 Å². The zero-order valence-electron chi connectivity index (χ0n) is 27.8. The largest absolute Gasteiger partial charge is 0.514 e. The van der Waals surface area contributed by atoms with E-state index in [1.54, 1.807) is 24.3 Å². The van der Waals surface area contributed by atoms with Gasteiger partial charge in [-0.25, -0.2) is 4.79 Å². The van der Waals surface area contributed by atoms with Gasteiger partial charge in [-0.1, -0.05) is 37.6 Å². The fraction of sp³-hybridized carbons (Fsp3) is 0.600. The fourth-order valence-corrected chi connectivity index (χ4v) is 8.82. The summed E-state index contributed by atoms with van der Waals surface area (Å²) in [5.41, 5.74) is 4.46. The van der Waals surface area contributed by atoms with E-state index in [0.717, 1.165) is 12.0 Å². The molecule has 0 amide bonds. The van der Waals surface area contributed by atoms with Crippen molar-refractivity contribution >= 4 is 23.7 Å². The van der Waals surface area contributed by atoms with Gasteiger partial charge >= 0.3 is 12.1 Å². The molecule has 3 fully saturated rings. The van der Waals surface area contributed by atoms with Crippen LogP contribution in [0.3, 0.4) is 0 Å². The van der Waals surface area contributed by atoms with Crippen molar-refractivity contribution in [2.24, 2.45) is 34.3 Å². The highest BCUT2D eigenvalue weighted by Crippen LogP contribution is 2.67. The van der Waals surface area contributed by atoms with Crippen LogP contribution in [0.25, 0.3) is 0 Å². The van der Waals surface area contributed by atoms with E-state index in [0.29, 0.717) is 31.2 Å². The number of carbonyl (C=O) groups excluding carboxylic acids is 4. The molecule has 14 nitrogen and oxygen atoms in total. The highest BCUT2D eigenvalue weighted by Gasteiger charge is 2.68. The molecule has 0 radical (unpaired) electrons. The lowest BCUT2D eigenvalue weighted by molar-refractivity contribution is -0.492. The van der Waals surface area contributed by atoms with Crippen LogP contribution in [0.1, 0.15) is 64.4 Å². The number of esters is 1. The van der Waals surface area contributed by atoms with E-state index in [1.165, 1.54) is 12.1 Å². The Balaban J connectivity index is 1.10. The lowest BCUT2D eigenvalue weighted by atomic mass is 9.46. The summed E-state index contributed by atoms with van der Waals surface area (Å²) in [6.07, 6.45) is 6.70. The third-order valence-corrected chi connectivity index (χ3v) is 11.3. The number of nitrogens with two attached hydrogens (primary N) is 1. The number of ketones is 2. The van der Waals surface area contributed by atoms with E-state index in [-0.39, 0.29) is 67.2 Å². The van der Waals surface area contributed by atoms with Gasteiger partial charge < -0.3 is 30.2 Å². The summed E-state index contributed by atoms with van der Waals surface area (Å²) in [7, 11) is 0. The average molecular weight is 687 g/mol. The third kappa shape index (κ3) is 7.50. The van der Waals surface area contributed by atoms with E-state index in [2.05, 4.69) is 11.8 Å². The molecular weight excluding hydrogens is 640 g/mol. The first-order valence-corrected chi connectivity index (χ1v) is 16.7. The molecule has 1 aromatic carbocycles. The zero-order valence-corrected chi connectivity index (χ0v) is 27.8. The monoisotopic (exact) mass is 686 g/mol. The maximum Gasteiger partial charge on any atom is 0.514 e. The minimum Gasteiger partial charge on any atom is -0.465 e. The van der Waals surface area contributed by atoms with Gasteiger partial charge in [0, 0.05) is 16.7 Å². The van der Waals surface area contributed by atoms with Gasteiger partial charge in [-0.3, -0.25) is 29.6 Å². The van der Waals surface area contributed by atoms with Gasteiger partial charge in [-0.15, -0.1) is 0 Å². The number of hydrogen-bond acceptors (Lipinski definition) is 14. The summed E-state index contributed by atoms with van der Waals surface area (Å²) in [6, 6.07) is 5.27. The van der Waals surface area contributed by atoms with Crippen LogP contribution in [0.15, 0.2) is 48.1 Å². The molecule has 3 saturated carbocycles. The van der Waals surface area contributed by atoms with Crippen LogP contribution in [-0.4, -0.2) is 87.3 Å². The van der Waals surface area contributed by atoms with Crippen LogP contribution in [0.4, 0.5) is 4.79 Å². The smallest absolute Gasteiger partial charge is 0.465 e. The van der Waals surface area contributed by atoms with Crippen LogP contribution in [0, 0.1) is 28.6 Å². The number of hydrogen-bond donors (Lipinski definition) is 5. The molecule has 5 rings (SSSR count). The Kier molecular flexibility index (Phi) is 11.1. The van der Waals surface area contributed by atoms with Crippen LogP contribution in [0.5, 0.6) is 5.75 Å². The molecule has 4 aliphatic carbocycles. The molecule has 0 aromatic heterocycles. The molecule has 1 aromatic rings. The van der Waals surface area contributed by atoms with Crippen molar-refractivity contribution in [1.82, 2.24) is 5.39 Å². The second-order valence-electron chi connectivity index (χ2n) is 14.1. The molecule has 0 aliphatic heterocycles. The van der Waals surface area contributed by atoms with Gasteiger partial charge in [0.25, 0.3) is 0 Å². The lowest BCUT2D eigenvalue weighted by Gasteiger charge is -2.59. The maximum absolute atomic E-state index is 13.5. The molecule has 49 heavy (non-hydrogen) atoms. The molecule has 268 valence electrons. The first-order chi connectivity index (χ1) is 23.2. The molecule has 6 N–H and O–H groups in total. The second kappa shape index (κ2) is 14.8. The lowest BCUT2D eigenvalue weighted by Crippen LogP contribution is -2.61. The minimum atomic E-state index is -1.79. The van der Waals surface area contributed by atoms with E-state index < -0.39 is 53.1 Å². The molecule has 14 heteroatoms. The van der Waals surface area contributed by atoms with Crippen molar-refractivity contribution in [2.75, 3.05) is 19.8 Å². The molecule has 8 atom stereocenters. The molecule has 0 spiro atoms. The number of ether oxygens (including phenoxy) is 3. The van der Waals surface area contributed by atoms with E-state index >= 15 is 0 Å². The van der Waals surface area contributed by atoms with Crippen molar-refractivity contribution in [3.63, 3.8) is 0 Å². The van der Waals surface area contributed by atoms with Crippen molar-refractivity contribution < 1.29 is 58.9 Å². The summed E-state index contributed by atoms with van der Waals surface area (Å²) in [4.78, 5) is 54.7. The molecule has 0 heterocycles. The quantitative estimate of drug-likeness (QED) is 0.0873. The van der Waals surface area contributed by atoms with Crippen molar-refractivity contribution in [3.05, 3.63) is 53.6 Å². The normalized spacial score (nSPS) is 32.4. The summed E-state index contributed by atoms with van der Waals surface area (Å²) in [6.45, 7) is 3.34. The molecule has 0 saturated heterocycles. The number of unbranched alkanes of at least 4 members (excludes halogenated alkanes) is 1. The third-order valence-electron chi connectivity index (χ3n) is 11.3. The van der Waals surface area contributed by atoms with E-state index in [9.17, 15) is 29.4 Å². The van der Waals surface area contributed by atoms with Crippen LogP contribution < -0.4 is 10.5 Å². The number of aliphatic hydroxyl groups is 2. The van der Waals surface area contributed by atoms with Crippen LogP contribution in [0.2, 0.25) is 0 Å². The van der Waals surface area contributed by atoms with Gasteiger partial charge in [0.1, 0.15) is 17.4 Å². The van der Waals surface area contributed by atoms with Crippen molar-refractivity contribution in [1.29, 1.82) is 0 Å². The molecule has 0 bridgehead atoms. The van der Waals surface area contributed by atoms with Gasteiger partial charge in [0.2, 0.25) is 5.78 Å². The topological polar surface area (TPSA) is 215 Å². The van der Waals surface area contributed by atoms with Gasteiger partial charge in [0.15, 0.2) is 12.4 Å². The van der Waals surface area contributed by atoms with Gasteiger partial charge in [0.05, 0.1) is 24.7 Å². The average Bonchev–Trinajstić information content (AvgIpc) is 3.32. The Morgan fingerprint density at radius 2 is 1.78 bits per heavy atom. The number of fused-ring (bicyclic) bond motifs is 5. The number of aliphatic hydroxyl groups excluding tert-OH is 1. The van der Waals surface area contributed by atoms with E-state index in [1.807, 2.05) is 13.0 Å². The number of rotatable bonds is 13. The van der Waals surface area contributed by atoms with Crippen molar-refractivity contribution in [2.45, 2.75) is 83.0 Å². The number of benzene rings is 1. The number of Topliss-reactive ketones (excluding diaryl/α,β-unsaturated/α-hetero) is 1. The maximum atomic E-state index is 13.5. The highest BCUT2D eigenvalue weighted by atomic mass is 17.1. The number of allylic oxidation sites excluding steroid dienone is 4. The molecule has 4 aliphatic rings. The highest BCUT2D eigenvalue weighted by molar-refractivity contribution is 6.01. The second-order valence-corrected chi connectivity index (χ2v) is 14.1. The number of nitrogens with zero attached hydrogens (tertiary/aromatic N) is 1. The SMILES string of the molecule is C[C@]12C=CC(=O)C=C1CC[C@@H]1[C@@H]2[C@@H](O)C[C@@]2(C)[C@H]1CC[C@]2(O)C(=O)COC(=O)Oc1ccc(C[C@H](N)C(=O)OCCCCON(O)O)cc1. The first kappa shape index (κ1) is 36.8. The Morgan fingerprint density at radius 1 is 1.06 bits per heavy atom. The summed E-state index contributed by atoms with van der Waals surface area (Å²) in [5.74, 6) is -1.29. The fourth-order valence-electron chi connectivity index (χ4n) is 8.82. The van der Waals surface area contributed by atoms with Gasteiger partial charge in [-0.2, -0.15) is 0 Å². The molecular formula is C35H46N2O12. The molecule has 0 unspecified atom stereocenters. The Hall–Kier alpha value is -3.50. The van der Waals surface area contributed by atoms with Crippen molar-refractivity contribution in [3.8, 4) is 5.75 Å². The predicted octanol–water partition coefficient (Wildman–Crippen LogP) is 2.99. The zero-order chi connectivity index (χ0) is 35.6. The summed E-state index contributed by atoms with van der Waals surface area (Å²) < 4.78 is 15.5. The summed E-state index contributed by atoms with van der Waals surface area (Å²) in [5, 5.41) is 39.9.